The van der Waals surface area contributed by atoms with Gasteiger partial charge in [0.05, 0.1) is 13.0 Å². The Hall–Kier alpha value is -3.30. The van der Waals surface area contributed by atoms with Gasteiger partial charge in [-0.3, -0.25) is 14.4 Å². The lowest BCUT2D eigenvalue weighted by Crippen LogP contribution is -2.54. The van der Waals surface area contributed by atoms with Crippen molar-refractivity contribution in [3.8, 4) is 5.75 Å². The van der Waals surface area contributed by atoms with E-state index in [1.54, 1.807) is 39.8 Å². The second-order valence-electron chi connectivity index (χ2n) is 10.6. The molecular formula is C27H41N3O7. The van der Waals surface area contributed by atoms with Gasteiger partial charge in [0.15, 0.2) is 0 Å². The van der Waals surface area contributed by atoms with E-state index in [2.05, 4.69) is 10.6 Å². The van der Waals surface area contributed by atoms with Crippen LogP contribution in [0.1, 0.15) is 78.8 Å². The number of benzene rings is 1. The maximum absolute atomic E-state index is 14.0. The predicted octanol–water partition coefficient (Wildman–Crippen LogP) is 3.43. The van der Waals surface area contributed by atoms with Crippen LogP contribution in [-0.4, -0.2) is 64.7 Å². The highest BCUT2D eigenvalue weighted by Gasteiger charge is 2.44. The van der Waals surface area contributed by atoms with Crippen molar-refractivity contribution in [1.82, 2.24) is 15.5 Å². The summed E-state index contributed by atoms with van der Waals surface area (Å²) in [7, 11) is 0. The fraction of sp³-hybridized carbons (Fsp3) is 0.630. The maximum Gasteiger partial charge on any atom is 0.408 e. The zero-order chi connectivity index (χ0) is 27.8. The molecule has 0 radical (unpaired) electrons. The van der Waals surface area contributed by atoms with Gasteiger partial charge in [0.25, 0.3) is 0 Å². The number of alkyl carbamates (subject to hydrolysis) is 1. The third-order valence-electron chi connectivity index (χ3n) is 5.54. The van der Waals surface area contributed by atoms with Crippen LogP contribution >= 0.6 is 0 Å². The molecule has 1 fully saturated rings. The number of aromatic hydroxyl groups is 1. The minimum atomic E-state index is -1.07. The lowest BCUT2D eigenvalue weighted by atomic mass is 9.99. The third kappa shape index (κ3) is 9.93. The zero-order valence-electron chi connectivity index (χ0n) is 22.7. The summed E-state index contributed by atoms with van der Waals surface area (Å²) in [6, 6.07) is 4.00. The summed E-state index contributed by atoms with van der Waals surface area (Å²) >= 11 is 0. The average molecular weight is 520 g/mol. The van der Waals surface area contributed by atoms with E-state index in [9.17, 15) is 24.3 Å². The number of carbonyl (C=O) groups is 4. The molecule has 10 heteroatoms. The molecule has 0 spiro atoms. The average Bonchev–Trinajstić information content (AvgIpc) is 3.60. The molecule has 2 atom stereocenters. The van der Waals surface area contributed by atoms with Gasteiger partial charge >= 0.3 is 12.1 Å². The number of carbonyl (C=O) groups excluding carboxylic acids is 4. The summed E-state index contributed by atoms with van der Waals surface area (Å²) in [5.41, 5.74) is -0.316. The molecule has 206 valence electrons. The first-order chi connectivity index (χ1) is 17.3. The number of amides is 3. The Bertz CT molecular complexity index is 954. The van der Waals surface area contributed by atoms with E-state index in [1.165, 1.54) is 17.0 Å². The van der Waals surface area contributed by atoms with Gasteiger partial charge in [-0.15, -0.1) is 0 Å². The van der Waals surface area contributed by atoms with Gasteiger partial charge in [0.1, 0.15) is 23.4 Å². The lowest BCUT2D eigenvalue weighted by Gasteiger charge is -2.35. The standard InChI is InChI=1S/C27H41N3O7/c1-7-36-22(32)13-14-28-24(33)23(18-9-8-10-20(31)16-18)30(19-11-12-19)25(34)21(15-17(2)3)29-26(35)37-27(4,5)6/h8-10,16-17,19,21,23,31H,7,11-15H2,1-6H3,(H,28,33)(H,29,35). The monoisotopic (exact) mass is 519 g/mol. The van der Waals surface area contributed by atoms with Crippen LogP contribution in [0.4, 0.5) is 4.79 Å². The van der Waals surface area contributed by atoms with Crippen LogP contribution in [0.15, 0.2) is 24.3 Å². The SMILES string of the molecule is CCOC(=O)CCNC(=O)C(c1cccc(O)c1)N(C(=O)C(CC(C)C)NC(=O)OC(C)(C)C)C1CC1. The van der Waals surface area contributed by atoms with Crippen molar-refractivity contribution < 1.29 is 33.8 Å². The van der Waals surface area contributed by atoms with Gasteiger partial charge in [0, 0.05) is 12.6 Å². The van der Waals surface area contributed by atoms with Gasteiger partial charge in [-0.2, -0.15) is 0 Å². The number of nitrogens with zero attached hydrogens (tertiary/aromatic N) is 1. The molecule has 0 aliphatic heterocycles. The molecule has 1 saturated carbocycles. The van der Waals surface area contributed by atoms with Crippen molar-refractivity contribution >= 4 is 23.9 Å². The molecule has 10 nitrogen and oxygen atoms in total. The van der Waals surface area contributed by atoms with E-state index < -0.39 is 41.6 Å². The highest BCUT2D eigenvalue weighted by Crippen LogP contribution is 2.36. The Morgan fingerprint density at radius 1 is 1.16 bits per heavy atom. The third-order valence-corrected chi connectivity index (χ3v) is 5.54. The molecule has 1 aromatic carbocycles. The second kappa shape index (κ2) is 13.3. The molecule has 3 amide bonds. The number of rotatable bonds is 12. The second-order valence-corrected chi connectivity index (χ2v) is 10.6. The van der Waals surface area contributed by atoms with E-state index in [0.29, 0.717) is 24.8 Å². The Morgan fingerprint density at radius 2 is 1.84 bits per heavy atom. The number of esters is 1. The van der Waals surface area contributed by atoms with Crippen LogP contribution < -0.4 is 10.6 Å². The van der Waals surface area contributed by atoms with Crippen molar-refractivity contribution in [2.75, 3.05) is 13.2 Å². The lowest BCUT2D eigenvalue weighted by molar-refractivity contribution is -0.145. The van der Waals surface area contributed by atoms with E-state index in [0.717, 1.165) is 0 Å². The maximum atomic E-state index is 14.0. The van der Waals surface area contributed by atoms with Crippen molar-refractivity contribution in [3.63, 3.8) is 0 Å². The molecule has 0 bridgehead atoms. The molecular weight excluding hydrogens is 478 g/mol. The zero-order valence-corrected chi connectivity index (χ0v) is 22.7. The topological polar surface area (TPSA) is 134 Å². The number of hydrogen-bond acceptors (Lipinski definition) is 7. The Labute approximate surface area is 219 Å². The molecule has 37 heavy (non-hydrogen) atoms. The molecule has 0 heterocycles. The van der Waals surface area contributed by atoms with Crippen molar-refractivity contribution in [1.29, 1.82) is 0 Å². The van der Waals surface area contributed by atoms with Gasteiger partial charge < -0.3 is 30.1 Å². The quantitative estimate of drug-likeness (QED) is 0.360. The number of ether oxygens (including phenoxy) is 2. The number of phenolic OH excluding ortho intramolecular Hbond substituents is 1. The van der Waals surface area contributed by atoms with Crippen LogP contribution in [0.3, 0.4) is 0 Å². The number of hydrogen-bond donors (Lipinski definition) is 3. The van der Waals surface area contributed by atoms with Gasteiger partial charge in [-0.1, -0.05) is 26.0 Å². The van der Waals surface area contributed by atoms with Crippen molar-refractivity contribution in [2.24, 2.45) is 5.92 Å². The first-order valence-corrected chi connectivity index (χ1v) is 12.9. The molecule has 2 rings (SSSR count). The van der Waals surface area contributed by atoms with Crippen LogP contribution in [0.2, 0.25) is 0 Å². The molecule has 3 N–H and O–H groups in total. The van der Waals surface area contributed by atoms with E-state index in [4.69, 9.17) is 9.47 Å². The normalized spacial score (nSPS) is 14.9. The Morgan fingerprint density at radius 3 is 2.38 bits per heavy atom. The largest absolute Gasteiger partial charge is 0.508 e. The van der Waals surface area contributed by atoms with E-state index in [1.807, 2.05) is 13.8 Å². The van der Waals surface area contributed by atoms with Gasteiger partial charge in [0.2, 0.25) is 11.8 Å². The van der Waals surface area contributed by atoms with Crippen LogP contribution in [0.5, 0.6) is 5.75 Å². The van der Waals surface area contributed by atoms with Crippen molar-refractivity contribution in [3.05, 3.63) is 29.8 Å². The number of nitrogens with one attached hydrogen (secondary N) is 2. The summed E-state index contributed by atoms with van der Waals surface area (Å²) in [5, 5.41) is 15.5. The highest BCUT2D eigenvalue weighted by molar-refractivity contribution is 5.92. The van der Waals surface area contributed by atoms with E-state index >= 15 is 0 Å². The van der Waals surface area contributed by atoms with Gasteiger partial charge in [-0.05, 0) is 70.6 Å². The summed E-state index contributed by atoms with van der Waals surface area (Å²) in [4.78, 5) is 53.3. The molecule has 0 saturated heterocycles. The minimum Gasteiger partial charge on any atom is -0.508 e. The molecule has 1 aliphatic rings. The summed E-state index contributed by atoms with van der Waals surface area (Å²) in [6.45, 7) is 11.1. The Balaban J connectivity index is 2.36. The van der Waals surface area contributed by atoms with E-state index in [-0.39, 0.29) is 37.3 Å². The minimum absolute atomic E-state index is 0.0140. The van der Waals surface area contributed by atoms with Crippen LogP contribution in [0, 0.1) is 5.92 Å². The van der Waals surface area contributed by atoms with Crippen molar-refractivity contribution in [2.45, 2.75) is 91.0 Å². The molecule has 2 unspecified atom stereocenters. The summed E-state index contributed by atoms with van der Waals surface area (Å²) in [5.74, 6) is -1.31. The summed E-state index contributed by atoms with van der Waals surface area (Å²) in [6.07, 6.45) is 1.03. The summed E-state index contributed by atoms with van der Waals surface area (Å²) < 4.78 is 10.3. The Kier molecular flexibility index (Phi) is 10.8. The first-order valence-electron chi connectivity index (χ1n) is 12.9. The van der Waals surface area contributed by atoms with Crippen LogP contribution in [-0.2, 0) is 23.9 Å². The first kappa shape index (κ1) is 29.9. The molecule has 1 aliphatic carbocycles. The fourth-order valence-corrected chi connectivity index (χ4v) is 3.94. The fourth-order valence-electron chi connectivity index (χ4n) is 3.94. The smallest absolute Gasteiger partial charge is 0.408 e. The predicted molar refractivity (Wildman–Crippen MR) is 138 cm³/mol. The molecule has 1 aromatic rings. The number of phenols is 1. The molecule has 0 aromatic heterocycles. The highest BCUT2D eigenvalue weighted by atomic mass is 16.6. The van der Waals surface area contributed by atoms with Crippen LogP contribution in [0.25, 0.3) is 0 Å². The van der Waals surface area contributed by atoms with Gasteiger partial charge in [-0.25, -0.2) is 4.79 Å².